The van der Waals surface area contributed by atoms with Crippen LogP contribution in [0.5, 0.6) is 0 Å². The Labute approximate surface area is 162 Å². The van der Waals surface area contributed by atoms with E-state index >= 15 is 0 Å². The van der Waals surface area contributed by atoms with Crippen LogP contribution in [0, 0.1) is 0 Å². The van der Waals surface area contributed by atoms with Gasteiger partial charge in [0.25, 0.3) is 5.91 Å². The number of imide groups is 1. The Kier molecular flexibility index (Phi) is 5.84. The van der Waals surface area contributed by atoms with Gasteiger partial charge in [-0.25, -0.2) is 4.79 Å². The van der Waals surface area contributed by atoms with Gasteiger partial charge in [0.15, 0.2) is 6.61 Å². The number of hydrogen-bond acceptors (Lipinski definition) is 5. The number of benzene rings is 2. The van der Waals surface area contributed by atoms with Crippen molar-refractivity contribution >= 4 is 35.1 Å². The summed E-state index contributed by atoms with van der Waals surface area (Å²) in [7, 11) is 0. The van der Waals surface area contributed by atoms with Crippen molar-refractivity contribution in [3.05, 3.63) is 59.7 Å². The van der Waals surface area contributed by atoms with Crippen molar-refractivity contribution in [2.24, 2.45) is 0 Å². The number of carbonyl (C=O) groups excluding carboxylic acids is 4. The van der Waals surface area contributed by atoms with Crippen molar-refractivity contribution in [1.29, 1.82) is 0 Å². The normalized spacial score (nSPS) is 13.5. The molecule has 1 heterocycles. The van der Waals surface area contributed by atoms with Crippen LogP contribution in [-0.4, -0.2) is 30.3 Å². The second-order valence-electron chi connectivity index (χ2n) is 6.35. The molecule has 3 amide bonds. The highest BCUT2D eigenvalue weighted by Gasteiger charge is 2.30. The monoisotopic (exact) mass is 380 g/mol. The van der Waals surface area contributed by atoms with E-state index in [1.807, 2.05) is 19.1 Å². The predicted octanol–water partition coefficient (Wildman–Crippen LogP) is 2.70. The molecule has 0 bridgehead atoms. The lowest BCUT2D eigenvalue weighted by atomic mass is 10.1. The maximum Gasteiger partial charge on any atom is 0.338 e. The van der Waals surface area contributed by atoms with E-state index in [-0.39, 0.29) is 30.2 Å². The number of rotatable bonds is 6. The molecule has 0 saturated carbocycles. The van der Waals surface area contributed by atoms with Gasteiger partial charge in [-0.05, 0) is 42.3 Å². The van der Waals surface area contributed by atoms with Crippen LogP contribution in [0.2, 0.25) is 0 Å². The number of amides is 3. The second kappa shape index (κ2) is 8.47. The van der Waals surface area contributed by atoms with Gasteiger partial charge in [-0.1, -0.05) is 25.1 Å². The lowest BCUT2D eigenvalue weighted by Gasteiger charge is -2.14. The van der Waals surface area contributed by atoms with E-state index in [0.29, 0.717) is 11.4 Å². The van der Waals surface area contributed by atoms with Gasteiger partial charge in [-0.3, -0.25) is 19.3 Å². The highest BCUT2D eigenvalue weighted by atomic mass is 16.5. The van der Waals surface area contributed by atoms with Crippen LogP contribution in [0.25, 0.3) is 0 Å². The summed E-state index contributed by atoms with van der Waals surface area (Å²) in [6.07, 6.45) is 1.22. The van der Waals surface area contributed by atoms with Crippen molar-refractivity contribution < 1.29 is 23.9 Å². The minimum Gasteiger partial charge on any atom is -0.452 e. The highest BCUT2D eigenvalue weighted by Crippen LogP contribution is 2.23. The van der Waals surface area contributed by atoms with Crippen LogP contribution in [0.3, 0.4) is 0 Å². The lowest BCUT2D eigenvalue weighted by molar-refractivity contribution is -0.121. The van der Waals surface area contributed by atoms with Crippen LogP contribution in [-0.2, 0) is 25.5 Å². The molecule has 1 N–H and O–H groups in total. The Morgan fingerprint density at radius 2 is 1.71 bits per heavy atom. The molecule has 2 aromatic rings. The summed E-state index contributed by atoms with van der Waals surface area (Å²) in [6, 6.07) is 13.4. The molecule has 7 heteroatoms. The number of esters is 1. The van der Waals surface area contributed by atoms with E-state index in [1.165, 1.54) is 12.1 Å². The molecule has 144 valence electrons. The Bertz CT molecular complexity index is 905. The first-order valence-corrected chi connectivity index (χ1v) is 8.99. The SMILES string of the molecule is CCc1ccc(NC(=O)COC(=O)c2cccc(N3C(=O)CCC3=O)c2)cc1. The van der Waals surface area contributed by atoms with Crippen LogP contribution >= 0.6 is 0 Å². The number of ether oxygens (including phenoxy) is 1. The maximum atomic E-state index is 12.2. The summed E-state index contributed by atoms with van der Waals surface area (Å²) in [5, 5.41) is 2.65. The minimum absolute atomic E-state index is 0.157. The molecule has 0 aliphatic carbocycles. The summed E-state index contributed by atoms with van der Waals surface area (Å²) in [5.41, 5.74) is 2.25. The Morgan fingerprint density at radius 1 is 1.04 bits per heavy atom. The minimum atomic E-state index is -0.711. The zero-order valence-electron chi connectivity index (χ0n) is 15.4. The van der Waals surface area contributed by atoms with E-state index in [2.05, 4.69) is 5.32 Å². The first kappa shape index (κ1) is 19.3. The largest absolute Gasteiger partial charge is 0.452 e. The third-order valence-corrected chi connectivity index (χ3v) is 4.37. The fourth-order valence-corrected chi connectivity index (χ4v) is 2.87. The fourth-order valence-electron chi connectivity index (χ4n) is 2.87. The van der Waals surface area contributed by atoms with E-state index in [4.69, 9.17) is 4.74 Å². The van der Waals surface area contributed by atoms with Crippen LogP contribution < -0.4 is 10.2 Å². The molecular formula is C21H20N2O5. The maximum absolute atomic E-state index is 12.2. The summed E-state index contributed by atoms with van der Waals surface area (Å²) in [6.45, 7) is 1.59. The molecule has 2 aromatic carbocycles. The zero-order chi connectivity index (χ0) is 20.1. The Morgan fingerprint density at radius 3 is 2.36 bits per heavy atom. The average molecular weight is 380 g/mol. The van der Waals surface area contributed by atoms with Crippen LogP contribution in [0.4, 0.5) is 11.4 Å². The molecule has 0 radical (unpaired) electrons. The number of aryl methyl sites for hydroxylation is 1. The second-order valence-corrected chi connectivity index (χ2v) is 6.35. The highest BCUT2D eigenvalue weighted by molar-refractivity contribution is 6.20. The molecule has 7 nitrogen and oxygen atoms in total. The number of nitrogens with one attached hydrogen (secondary N) is 1. The number of anilines is 2. The van der Waals surface area contributed by atoms with Gasteiger partial charge in [0.05, 0.1) is 11.3 Å². The fraction of sp³-hybridized carbons (Fsp3) is 0.238. The number of nitrogens with zero attached hydrogens (tertiary/aromatic N) is 1. The molecule has 1 saturated heterocycles. The van der Waals surface area contributed by atoms with Gasteiger partial charge in [-0.2, -0.15) is 0 Å². The zero-order valence-corrected chi connectivity index (χ0v) is 15.4. The third-order valence-electron chi connectivity index (χ3n) is 4.37. The number of carbonyl (C=O) groups is 4. The predicted molar refractivity (Wildman–Crippen MR) is 103 cm³/mol. The van der Waals surface area contributed by atoms with Crippen LogP contribution in [0.15, 0.2) is 48.5 Å². The van der Waals surface area contributed by atoms with Crippen molar-refractivity contribution in [2.45, 2.75) is 26.2 Å². The van der Waals surface area contributed by atoms with E-state index in [0.717, 1.165) is 16.9 Å². The molecule has 28 heavy (non-hydrogen) atoms. The molecule has 0 aromatic heterocycles. The molecule has 3 rings (SSSR count). The van der Waals surface area contributed by atoms with Crippen molar-refractivity contribution in [1.82, 2.24) is 0 Å². The van der Waals surface area contributed by atoms with Crippen molar-refractivity contribution in [3.63, 3.8) is 0 Å². The molecule has 0 spiro atoms. The van der Waals surface area contributed by atoms with Gasteiger partial charge < -0.3 is 10.1 Å². The van der Waals surface area contributed by atoms with E-state index in [1.54, 1.807) is 24.3 Å². The topological polar surface area (TPSA) is 92.8 Å². The van der Waals surface area contributed by atoms with Gasteiger partial charge in [-0.15, -0.1) is 0 Å². The standard InChI is InChI=1S/C21H20N2O5/c1-2-14-6-8-16(9-7-14)22-18(24)13-28-21(27)15-4-3-5-17(12-15)23-19(25)10-11-20(23)26/h3-9,12H,2,10-11,13H2,1H3,(H,22,24). The Balaban J connectivity index is 1.58. The molecular weight excluding hydrogens is 360 g/mol. The molecule has 0 unspecified atom stereocenters. The van der Waals surface area contributed by atoms with E-state index in [9.17, 15) is 19.2 Å². The van der Waals surface area contributed by atoms with Gasteiger partial charge in [0.1, 0.15) is 0 Å². The summed E-state index contributed by atoms with van der Waals surface area (Å²) in [4.78, 5) is 48.9. The van der Waals surface area contributed by atoms with Crippen molar-refractivity contribution in [2.75, 3.05) is 16.8 Å². The summed E-state index contributed by atoms with van der Waals surface area (Å²) >= 11 is 0. The van der Waals surface area contributed by atoms with E-state index < -0.39 is 18.5 Å². The van der Waals surface area contributed by atoms with Gasteiger partial charge in [0.2, 0.25) is 11.8 Å². The number of hydrogen-bond donors (Lipinski definition) is 1. The van der Waals surface area contributed by atoms with Gasteiger partial charge >= 0.3 is 5.97 Å². The first-order valence-electron chi connectivity index (χ1n) is 8.99. The molecule has 0 atom stereocenters. The van der Waals surface area contributed by atoms with Crippen LogP contribution in [0.1, 0.15) is 35.7 Å². The summed E-state index contributed by atoms with van der Waals surface area (Å²) in [5.74, 6) is -1.77. The molecule has 1 aliphatic rings. The van der Waals surface area contributed by atoms with Crippen molar-refractivity contribution in [3.8, 4) is 0 Å². The molecule has 1 aliphatic heterocycles. The van der Waals surface area contributed by atoms with Gasteiger partial charge in [0, 0.05) is 18.5 Å². The Hall–Kier alpha value is -3.48. The average Bonchev–Trinajstić information content (AvgIpc) is 3.05. The lowest BCUT2D eigenvalue weighted by Crippen LogP contribution is -2.28. The molecule has 1 fully saturated rings. The summed E-state index contributed by atoms with van der Waals surface area (Å²) < 4.78 is 5.04. The quantitative estimate of drug-likeness (QED) is 0.614. The smallest absolute Gasteiger partial charge is 0.338 e. The first-order chi connectivity index (χ1) is 13.5. The third kappa shape index (κ3) is 4.43.